The highest BCUT2D eigenvalue weighted by Crippen LogP contribution is 2.45. The van der Waals surface area contributed by atoms with Gasteiger partial charge in [0.1, 0.15) is 27.9 Å². The van der Waals surface area contributed by atoms with Crippen molar-refractivity contribution in [3.63, 3.8) is 0 Å². The molecule has 4 rings (SSSR count). The third-order valence-corrected chi connectivity index (χ3v) is 8.25. The van der Waals surface area contributed by atoms with Crippen molar-refractivity contribution < 1.29 is 28.1 Å². The number of aliphatic hydroxyl groups is 1. The summed E-state index contributed by atoms with van der Waals surface area (Å²) in [5, 5.41) is 9.37. The molecule has 1 aliphatic heterocycles. The second-order valence-corrected chi connectivity index (χ2v) is 10.5. The lowest BCUT2D eigenvalue weighted by Gasteiger charge is -2.50. The zero-order valence-corrected chi connectivity index (χ0v) is 25.3. The van der Waals surface area contributed by atoms with Crippen LogP contribution in [0.3, 0.4) is 0 Å². The molecule has 1 saturated heterocycles. The van der Waals surface area contributed by atoms with Crippen molar-refractivity contribution in [3.05, 3.63) is 69.8 Å². The van der Waals surface area contributed by atoms with Gasteiger partial charge in [-0.2, -0.15) is 4.39 Å². The van der Waals surface area contributed by atoms with E-state index in [1.54, 1.807) is 48.9 Å². The van der Waals surface area contributed by atoms with Gasteiger partial charge in [0.05, 0.1) is 36.4 Å². The van der Waals surface area contributed by atoms with Crippen LogP contribution in [0.4, 0.5) is 20.3 Å². The first-order chi connectivity index (χ1) is 19.2. The van der Waals surface area contributed by atoms with Crippen LogP contribution in [-0.4, -0.2) is 56.7 Å². The normalized spacial score (nSPS) is 13.7. The van der Waals surface area contributed by atoms with E-state index in [2.05, 4.69) is 4.98 Å². The number of rotatable bonds is 11. The number of aromatic nitrogens is 1. The van der Waals surface area contributed by atoms with Gasteiger partial charge in [-0.3, -0.25) is 4.31 Å². The van der Waals surface area contributed by atoms with E-state index in [0.717, 1.165) is 17.5 Å². The molecule has 0 spiro atoms. The van der Waals surface area contributed by atoms with Crippen LogP contribution >= 0.6 is 35.1 Å². The lowest BCUT2D eigenvalue weighted by atomic mass is 9.90. The minimum Gasteiger partial charge on any atom is -0.497 e. The molecule has 0 unspecified atom stereocenters. The van der Waals surface area contributed by atoms with E-state index >= 15 is 4.39 Å². The van der Waals surface area contributed by atoms with Crippen molar-refractivity contribution in [2.24, 2.45) is 0 Å². The monoisotopic (exact) mass is 615 g/mol. The molecule has 0 atom stereocenters. The molecule has 0 amide bonds. The van der Waals surface area contributed by atoms with Gasteiger partial charge in [0, 0.05) is 44.9 Å². The maximum Gasteiger partial charge on any atom is 0.214 e. The van der Waals surface area contributed by atoms with Crippen LogP contribution in [0.2, 0.25) is 10.0 Å². The van der Waals surface area contributed by atoms with Crippen LogP contribution in [0, 0.1) is 11.8 Å². The molecular weight excluding hydrogens is 583 g/mol. The third-order valence-electron chi connectivity index (χ3n) is 6.36. The van der Waals surface area contributed by atoms with Gasteiger partial charge in [0.15, 0.2) is 5.82 Å². The third kappa shape index (κ3) is 7.03. The summed E-state index contributed by atoms with van der Waals surface area (Å²) < 4.78 is 47.7. The molecule has 3 aromatic rings. The van der Waals surface area contributed by atoms with Gasteiger partial charge in [-0.05, 0) is 42.3 Å². The van der Waals surface area contributed by atoms with Gasteiger partial charge in [-0.1, -0.05) is 43.1 Å². The Bertz CT molecular complexity index is 1300. The van der Waals surface area contributed by atoms with E-state index in [0.29, 0.717) is 36.7 Å². The number of aliphatic hydroxyl groups excluding tert-OH is 1. The number of pyridine rings is 1. The van der Waals surface area contributed by atoms with Gasteiger partial charge in [0.2, 0.25) is 5.95 Å². The molecule has 1 aliphatic rings. The smallest absolute Gasteiger partial charge is 0.214 e. The maximum absolute atomic E-state index is 15.7. The highest BCUT2D eigenvalue weighted by atomic mass is 35.5. The van der Waals surface area contributed by atoms with Crippen LogP contribution in [-0.2, 0) is 11.3 Å². The summed E-state index contributed by atoms with van der Waals surface area (Å²) in [7, 11) is 4.65. The number of halogens is 4. The number of methoxy groups -OCH3 is 3. The molecule has 0 radical (unpaired) electrons. The highest BCUT2D eigenvalue weighted by Gasteiger charge is 2.44. The van der Waals surface area contributed by atoms with Gasteiger partial charge in [0.25, 0.3) is 0 Å². The van der Waals surface area contributed by atoms with Crippen LogP contribution in [0.25, 0.3) is 0 Å². The molecule has 0 bridgehead atoms. The fraction of sp³-hybridized carbons (Fsp3) is 0.393. The summed E-state index contributed by atoms with van der Waals surface area (Å²) in [6, 6.07) is 11.2. The summed E-state index contributed by atoms with van der Waals surface area (Å²) in [5.74, 6) is -0.00209. The Labute approximate surface area is 248 Å². The van der Waals surface area contributed by atoms with Gasteiger partial charge >= 0.3 is 0 Å². The number of anilines is 2. The minimum absolute atomic E-state index is 0.0248. The number of nitrogens with zero attached hydrogens (tertiary/aromatic N) is 3. The molecule has 0 aliphatic carbocycles. The summed E-state index contributed by atoms with van der Waals surface area (Å²) in [4.78, 5) is 5.89. The molecule has 1 aromatic heterocycles. The Morgan fingerprint density at radius 2 is 1.80 bits per heavy atom. The topological polar surface area (TPSA) is 67.3 Å². The van der Waals surface area contributed by atoms with Crippen molar-refractivity contribution in [3.8, 4) is 11.5 Å². The quantitative estimate of drug-likeness (QED) is 0.140. The molecule has 2 heterocycles. The highest BCUT2D eigenvalue weighted by molar-refractivity contribution is 8.00. The zero-order valence-electron chi connectivity index (χ0n) is 23.0. The van der Waals surface area contributed by atoms with Crippen molar-refractivity contribution in [2.75, 3.05) is 50.2 Å². The first-order valence-electron chi connectivity index (χ1n) is 12.6. The molecule has 40 heavy (non-hydrogen) atoms. The van der Waals surface area contributed by atoms with Crippen molar-refractivity contribution in [1.29, 1.82) is 0 Å². The summed E-state index contributed by atoms with van der Waals surface area (Å²) in [6.45, 7) is 5.02. The van der Waals surface area contributed by atoms with Gasteiger partial charge in [-0.15, -0.1) is 0 Å². The van der Waals surface area contributed by atoms with E-state index in [1.165, 1.54) is 19.2 Å². The second kappa shape index (κ2) is 14.4. The minimum atomic E-state index is -0.709. The Morgan fingerprint density at radius 3 is 2.40 bits per heavy atom. The van der Waals surface area contributed by atoms with Crippen molar-refractivity contribution in [2.45, 2.75) is 37.3 Å². The molecule has 1 fully saturated rings. The van der Waals surface area contributed by atoms with Crippen molar-refractivity contribution >= 4 is 46.7 Å². The van der Waals surface area contributed by atoms with Crippen LogP contribution in [0.1, 0.15) is 25.8 Å². The number of hydrogen-bond acceptors (Lipinski definition) is 8. The number of hydrogen-bond donors (Lipinski definition) is 1. The predicted molar refractivity (Wildman–Crippen MR) is 157 cm³/mol. The summed E-state index contributed by atoms with van der Waals surface area (Å²) >= 11 is 14.0. The van der Waals surface area contributed by atoms with E-state index in [4.69, 9.17) is 37.4 Å². The molecular formula is C28H33Cl2F2N3O4S. The number of benzene rings is 2. The maximum atomic E-state index is 15.7. The van der Waals surface area contributed by atoms with E-state index in [9.17, 15) is 9.50 Å². The summed E-state index contributed by atoms with van der Waals surface area (Å²) in [5.41, 5.74) is 0.633. The Hall–Kier alpha value is -2.50. The first kappa shape index (κ1) is 32.0. The molecule has 0 saturated carbocycles. The molecule has 12 heteroatoms. The first-order valence-corrected chi connectivity index (χ1v) is 14.1. The van der Waals surface area contributed by atoms with Gasteiger partial charge in [-0.25, -0.2) is 9.37 Å². The molecule has 218 valence electrons. The molecule has 1 N–H and O–H groups in total. The number of ether oxygens (including phenoxy) is 3. The largest absolute Gasteiger partial charge is 0.497 e. The molecule has 2 aromatic carbocycles. The lowest BCUT2D eigenvalue weighted by molar-refractivity contribution is -0.0488. The Morgan fingerprint density at radius 1 is 1.07 bits per heavy atom. The van der Waals surface area contributed by atoms with Crippen LogP contribution in [0.5, 0.6) is 11.5 Å². The Balaban J connectivity index is 0.00000216. The van der Waals surface area contributed by atoms with Crippen LogP contribution < -0.4 is 18.7 Å². The fourth-order valence-corrected chi connectivity index (χ4v) is 5.80. The Kier molecular flexibility index (Phi) is 11.5. The van der Waals surface area contributed by atoms with Gasteiger partial charge < -0.3 is 24.2 Å². The average molecular weight is 617 g/mol. The fourth-order valence-electron chi connectivity index (χ4n) is 4.24. The zero-order chi connectivity index (χ0) is 29.4. The predicted octanol–water partition coefficient (Wildman–Crippen LogP) is 7.01. The van der Waals surface area contributed by atoms with Crippen LogP contribution in [0.15, 0.2) is 47.4 Å². The second-order valence-electron chi connectivity index (χ2n) is 8.68. The van der Waals surface area contributed by atoms with Crippen molar-refractivity contribution in [1.82, 2.24) is 4.98 Å². The summed E-state index contributed by atoms with van der Waals surface area (Å²) in [6.07, 6.45) is 0.451. The van der Waals surface area contributed by atoms with E-state index < -0.39 is 17.4 Å². The SMILES string of the molecule is CC.COc1ccc(CN(Sc2c(Cl)cc(N3CC(CCO)(OC)C3)c(Cl)c2F)c2cccc(F)n2)c(OC)c1. The van der Waals surface area contributed by atoms with E-state index in [1.807, 2.05) is 18.7 Å². The standard InChI is InChI=1S/C26H27Cl2F2N3O4S.C2H6/c1-35-17-8-7-16(20(11-17)36-2)13-33(22-6-4-5-21(29)31-22)38-25-18(27)12-19(23(28)24(25)30)32-14-26(15-32,37-3)9-10-34;1-2/h4-8,11-12,34H,9-10,13-15H2,1-3H3;1-2H3. The average Bonchev–Trinajstić information content (AvgIpc) is 2.95. The van der Waals surface area contributed by atoms with E-state index in [-0.39, 0.29) is 33.9 Å². The lowest BCUT2D eigenvalue weighted by Crippen LogP contribution is -2.63. The molecule has 7 nitrogen and oxygen atoms in total.